The summed E-state index contributed by atoms with van der Waals surface area (Å²) in [4.78, 5) is 20.6. The minimum absolute atomic E-state index is 0.0895. The lowest BCUT2D eigenvalue weighted by Gasteiger charge is -2.12. The van der Waals surface area contributed by atoms with Crippen LogP contribution in [0.1, 0.15) is 41.9 Å². The topological polar surface area (TPSA) is 66.9 Å². The fourth-order valence-corrected chi connectivity index (χ4v) is 2.69. The Balaban J connectivity index is 1.60. The van der Waals surface area contributed by atoms with E-state index in [0.717, 1.165) is 24.2 Å². The summed E-state index contributed by atoms with van der Waals surface area (Å²) in [5.74, 6) is -0.0895. The van der Waals surface area contributed by atoms with Crippen LogP contribution in [0.3, 0.4) is 0 Å². The number of carbonyl (C=O) groups excluding carboxylic acids is 1. The van der Waals surface area contributed by atoms with Crippen LogP contribution in [0.4, 0.5) is 5.69 Å². The molecule has 0 unspecified atom stereocenters. The molecule has 2 N–H and O–H groups in total. The summed E-state index contributed by atoms with van der Waals surface area (Å²) in [5, 5.41) is 6.32. The highest BCUT2D eigenvalue weighted by molar-refractivity contribution is 5.93. The number of carbonyl (C=O) groups is 1. The van der Waals surface area contributed by atoms with Crippen molar-refractivity contribution < 1.29 is 4.79 Å². The number of amides is 1. The maximum Gasteiger partial charge on any atom is 0.270 e. The first-order valence-electron chi connectivity index (χ1n) is 7.72. The van der Waals surface area contributed by atoms with Gasteiger partial charge in [-0.15, -0.1) is 0 Å². The van der Waals surface area contributed by atoms with Gasteiger partial charge in [-0.25, -0.2) is 0 Å². The number of hydrogen-bond donors (Lipinski definition) is 2. The van der Waals surface area contributed by atoms with Crippen molar-refractivity contribution in [1.82, 2.24) is 15.3 Å². The molecule has 2 aromatic heterocycles. The molecule has 114 valence electrons. The molecular formula is C17H20N4O. The molecule has 22 heavy (non-hydrogen) atoms. The van der Waals surface area contributed by atoms with Crippen LogP contribution in [-0.4, -0.2) is 21.9 Å². The van der Waals surface area contributed by atoms with Crippen LogP contribution in [0.5, 0.6) is 0 Å². The first-order chi connectivity index (χ1) is 10.8. The maximum absolute atomic E-state index is 12.2. The van der Waals surface area contributed by atoms with E-state index in [0.29, 0.717) is 18.3 Å². The molecule has 0 radical (unpaired) electrons. The van der Waals surface area contributed by atoms with Crippen LogP contribution in [-0.2, 0) is 6.54 Å². The fourth-order valence-electron chi connectivity index (χ4n) is 2.69. The molecule has 0 bridgehead atoms. The number of pyridine rings is 2. The van der Waals surface area contributed by atoms with E-state index in [2.05, 4.69) is 20.6 Å². The van der Waals surface area contributed by atoms with E-state index in [1.807, 2.05) is 24.3 Å². The molecule has 2 aromatic rings. The van der Waals surface area contributed by atoms with E-state index < -0.39 is 0 Å². The molecule has 5 nitrogen and oxygen atoms in total. The summed E-state index contributed by atoms with van der Waals surface area (Å²) in [5.41, 5.74) is 2.28. The molecule has 1 saturated carbocycles. The van der Waals surface area contributed by atoms with Gasteiger partial charge in [0.05, 0.1) is 12.2 Å². The maximum atomic E-state index is 12.2. The van der Waals surface area contributed by atoms with Crippen LogP contribution in [0, 0.1) is 0 Å². The van der Waals surface area contributed by atoms with Gasteiger partial charge in [-0.1, -0.05) is 18.9 Å². The number of hydrogen-bond acceptors (Lipinski definition) is 4. The second kappa shape index (κ2) is 7.02. The predicted octanol–water partition coefficient (Wildman–Crippen LogP) is 2.76. The third kappa shape index (κ3) is 3.81. The highest BCUT2D eigenvalue weighted by atomic mass is 16.1. The lowest BCUT2D eigenvalue weighted by atomic mass is 10.2. The van der Waals surface area contributed by atoms with Crippen LogP contribution in [0.25, 0.3) is 0 Å². The van der Waals surface area contributed by atoms with Crippen LogP contribution in [0.15, 0.2) is 42.7 Å². The number of rotatable bonds is 5. The normalized spacial score (nSPS) is 14.7. The minimum Gasteiger partial charge on any atom is -0.379 e. The van der Waals surface area contributed by atoms with Gasteiger partial charge in [-0.05, 0) is 37.1 Å². The smallest absolute Gasteiger partial charge is 0.270 e. The third-order valence-corrected chi connectivity index (χ3v) is 3.88. The standard InChI is InChI=1S/C17H20N4O/c22-17(21-13-5-1-2-6-13)16-11-14(8-10-19-16)20-12-15-7-3-4-9-18-15/h3-4,7-11,13H,1-2,5-6,12H2,(H,19,20)(H,21,22). The summed E-state index contributed by atoms with van der Waals surface area (Å²) in [6.45, 7) is 0.620. The predicted molar refractivity (Wildman–Crippen MR) is 85.5 cm³/mol. The summed E-state index contributed by atoms with van der Waals surface area (Å²) in [7, 11) is 0. The fraction of sp³-hybridized carbons (Fsp3) is 0.353. The zero-order valence-electron chi connectivity index (χ0n) is 12.5. The quantitative estimate of drug-likeness (QED) is 0.890. The summed E-state index contributed by atoms with van der Waals surface area (Å²) < 4.78 is 0. The van der Waals surface area contributed by atoms with Crippen LogP contribution >= 0.6 is 0 Å². The average Bonchev–Trinajstić information content (AvgIpc) is 3.07. The molecule has 0 atom stereocenters. The average molecular weight is 296 g/mol. The Kier molecular flexibility index (Phi) is 4.63. The Morgan fingerprint density at radius 1 is 1.14 bits per heavy atom. The number of aromatic nitrogens is 2. The van der Waals surface area contributed by atoms with Gasteiger partial charge in [0, 0.05) is 24.1 Å². The third-order valence-electron chi connectivity index (χ3n) is 3.88. The highest BCUT2D eigenvalue weighted by Crippen LogP contribution is 2.18. The Morgan fingerprint density at radius 3 is 2.77 bits per heavy atom. The second-order valence-corrected chi connectivity index (χ2v) is 5.56. The number of anilines is 1. The number of nitrogens with one attached hydrogen (secondary N) is 2. The molecular weight excluding hydrogens is 276 g/mol. The van der Waals surface area contributed by atoms with Gasteiger partial charge in [0.1, 0.15) is 5.69 Å². The van der Waals surface area contributed by atoms with E-state index >= 15 is 0 Å². The van der Waals surface area contributed by atoms with Gasteiger partial charge < -0.3 is 10.6 Å². The molecule has 1 aliphatic carbocycles. The van der Waals surface area contributed by atoms with Crippen molar-refractivity contribution >= 4 is 11.6 Å². The van der Waals surface area contributed by atoms with Crippen molar-refractivity contribution in [2.45, 2.75) is 38.3 Å². The molecule has 1 fully saturated rings. The van der Waals surface area contributed by atoms with Gasteiger partial charge in [0.15, 0.2) is 0 Å². The first-order valence-corrected chi connectivity index (χ1v) is 7.72. The zero-order chi connectivity index (χ0) is 15.2. The molecule has 0 saturated heterocycles. The Bertz CT molecular complexity index is 624. The minimum atomic E-state index is -0.0895. The summed E-state index contributed by atoms with van der Waals surface area (Å²) >= 11 is 0. The summed E-state index contributed by atoms with van der Waals surface area (Å²) in [6, 6.07) is 9.75. The first kappa shape index (κ1) is 14.5. The Morgan fingerprint density at radius 2 is 2.00 bits per heavy atom. The zero-order valence-corrected chi connectivity index (χ0v) is 12.5. The van der Waals surface area contributed by atoms with Crippen molar-refractivity contribution in [3.63, 3.8) is 0 Å². The van der Waals surface area contributed by atoms with Gasteiger partial charge >= 0.3 is 0 Å². The van der Waals surface area contributed by atoms with Gasteiger partial charge in [-0.2, -0.15) is 0 Å². The van der Waals surface area contributed by atoms with E-state index in [1.165, 1.54) is 12.8 Å². The Labute approximate surface area is 130 Å². The molecule has 0 aliphatic heterocycles. The lowest BCUT2D eigenvalue weighted by molar-refractivity contribution is 0.0933. The van der Waals surface area contributed by atoms with Gasteiger partial charge in [0.25, 0.3) is 5.91 Å². The largest absolute Gasteiger partial charge is 0.379 e. The van der Waals surface area contributed by atoms with Crippen molar-refractivity contribution in [2.24, 2.45) is 0 Å². The molecule has 2 heterocycles. The molecule has 3 rings (SSSR count). The summed E-state index contributed by atoms with van der Waals surface area (Å²) in [6.07, 6.45) is 7.97. The van der Waals surface area contributed by atoms with Crippen molar-refractivity contribution in [2.75, 3.05) is 5.32 Å². The van der Waals surface area contributed by atoms with Crippen LogP contribution < -0.4 is 10.6 Å². The van der Waals surface area contributed by atoms with Gasteiger partial charge in [0.2, 0.25) is 0 Å². The second-order valence-electron chi connectivity index (χ2n) is 5.56. The van der Waals surface area contributed by atoms with Crippen molar-refractivity contribution in [3.05, 3.63) is 54.1 Å². The molecule has 0 aromatic carbocycles. The van der Waals surface area contributed by atoms with E-state index in [1.54, 1.807) is 18.5 Å². The number of nitrogens with zero attached hydrogens (tertiary/aromatic N) is 2. The van der Waals surface area contributed by atoms with E-state index in [4.69, 9.17) is 0 Å². The monoisotopic (exact) mass is 296 g/mol. The SMILES string of the molecule is O=C(NC1CCCC1)c1cc(NCc2ccccn2)ccn1. The lowest BCUT2D eigenvalue weighted by Crippen LogP contribution is -2.33. The molecule has 1 aliphatic rings. The molecule has 5 heteroatoms. The van der Waals surface area contributed by atoms with E-state index in [9.17, 15) is 4.79 Å². The van der Waals surface area contributed by atoms with E-state index in [-0.39, 0.29) is 5.91 Å². The highest BCUT2D eigenvalue weighted by Gasteiger charge is 2.18. The molecule has 1 amide bonds. The Hall–Kier alpha value is -2.43. The van der Waals surface area contributed by atoms with Crippen molar-refractivity contribution in [1.29, 1.82) is 0 Å². The van der Waals surface area contributed by atoms with Crippen LogP contribution in [0.2, 0.25) is 0 Å². The van der Waals surface area contributed by atoms with Gasteiger partial charge in [-0.3, -0.25) is 14.8 Å². The molecule has 0 spiro atoms. The van der Waals surface area contributed by atoms with Crippen molar-refractivity contribution in [3.8, 4) is 0 Å².